The standard InChI is InChI=1S/C18H20Cl2N4O4S/c1-11(18(26)23-12-3-6-14(7-4-12)29(21,27)28)24(2)10-17(25)22-13-5-8-15(19)16(20)9-13/h3-9,11H,10H2,1-2H3,(H,22,25)(H,23,26)(H2,21,27,28)/t11-/m0/s1. The van der Waals surface area contributed by atoms with Crippen molar-refractivity contribution in [1.29, 1.82) is 0 Å². The maximum atomic E-state index is 12.4. The minimum Gasteiger partial charge on any atom is -0.325 e. The van der Waals surface area contributed by atoms with Gasteiger partial charge in [-0.1, -0.05) is 23.2 Å². The number of anilines is 2. The van der Waals surface area contributed by atoms with Crippen LogP contribution >= 0.6 is 23.2 Å². The number of rotatable bonds is 7. The Labute approximate surface area is 179 Å². The van der Waals surface area contributed by atoms with Crippen molar-refractivity contribution in [2.45, 2.75) is 17.9 Å². The van der Waals surface area contributed by atoms with Gasteiger partial charge in [0, 0.05) is 11.4 Å². The molecule has 156 valence electrons. The van der Waals surface area contributed by atoms with Crippen molar-refractivity contribution in [2.75, 3.05) is 24.2 Å². The normalized spacial score (nSPS) is 12.5. The summed E-state index contributed by atoms with van der Waals surface area (Å²) in [7, 11) is -2.18. The molecule has 0 aliphatic carbocycles. The molecule has 0 aromatic heterocycles. The Hall–Kier alpha value is -2.17. The van der Waals surface area contributed by atoms with Crippen LogP contribution in [0.2, 0.25) is 10.0 Å². The van der Waals surface area contributed by atoms with Gasteiger partial charge >= 0.3 is 0 Å². The summed E-state index contributed by atoms with van der Waals surface area (Å²) in [5.41, 5.74) is 0.896. The van der Waals surface area contributed by atoms with Crippen LogP contribution in [-0.4, -0.2) is 44.8 Å². The van der Waals surface area contributed by atoms with E-state index in [1.165, 1.54) is 30.3 Å². The van der Waals surface area contributed by atoms with E-state index in [1.54, 1.807) is 31.0 Å². The summed E-state index contributed by atoms with van der Waals surface area (Å²) in [4.78, 5) is 26.1. The second-order valence-corrected chi connectivity index (χ2v) is 8.70. The number of nitrogens with two attached hydrogens (primary N) is 1. The molecule has 0 radical (unpaired) electrons. The average molecular weight is 459 g/mol. The van der Waals surface area contributed by atoms with Crippen LogP contribution in [0.5, 0.6) is 0 Å². The molecular weight excluding hydrogens is 439 g/mol. The molecule has 2 rings (SSSR count). The van der Waals surface area contributed by atoms with Crippen molar-refractivity contribution >= 4 is 56.4 Å². The molecule has 0 saturated heterocycles. The van der Waals surface area contributed by atoms with E-state index in [9.17, 15) is 18.0 Å². The van der Waals surface area contributed by atoms with Gasteiger partial charge in [0.1, 0.15) is 0 Å². The molecule has 0 heterocycles. The Bertz CT molecular complexity index is 1010. The lowest BCUT2D eigenvalue weighted by Crippen LogP contribution is -2.43. The fourth-order valence-corrected chi connectivity index (χ4v) is 3.13. The number of nitrogens with one attached hydrogen (secondary N) is 2. The van der Waals surface area contributed by atoms with Crippen molar-refractivity contribution < 1.29 is 18.0 Å². The van der Waals surface area contributed by atoms with Crippen LogP contribution in [0, 0.1) is 0 Å². The molecule has 0 fully saturated rings. The van der Waals surface area contributed by atoms with Gasteiger partial charge < -0.3 is 10.6 Å². The van der Waals surface area contributed by atoms with Gasteiger partial charge in [0.15, 0.2) is 0 Å². The van der Waals surface area contributed by atoms with Gasteiger partial charge in [-0.25, -0.2) is 13.6 Å². The molecule has 2 aromatic carbocycles. The Morgan fingerprint density at radius 3 is 2.17 bits per heavy atom. The fraction of sp³-hybridized carbons (Fsp3) is 0.222. The molecule has 29 heavy (non-hydrogen) atoms. The van der Waals surface area contributed by atoms with Crippen LogP contribution < -0.4 is 15.8 Å². The van der Waals surface area contributed by atoms with Gasteiger partial charge in [0.05, 0.1) is 27.5 Å². The predicted molar refractivity (Wildman–Crippen MR) is 114 cm³/mol. The van der Waals surface area contributed by atoms with Gasteiger partial charge in [0.25, 0.3) is 0 Å². The molecule has 2 aromatic rings. The van der Waals surface area contributed by atoms with E-state index in [2.05, 4.69) is 10.6 Å². The van der Waals surface area contributed by atoms with Gasteiger partial charge in [-0.15, -0.1) is 0 Å². The number of nitrogens with zero attached hydrogens (tertiary/aromatic N) is 1. The zero-order valence-electron chi connectivity index (χ0n) is 15.6. The first-order chi connectivity index (χ1) is 13.5. The monoisotopic (exact) mass is 458 g/mol. The highest BCUT2D eigenvalue weighted by molar-refractivity contribution is 7.89. The smallest absolute Gasteiger partial charge is 0.241 e. The fourth-order valence-electron chi connectivity index (χ4n) is 2.31. The number of hydrogen-bond acceptors (Lipinski definition) is 5. The molecule has 4 N–H and O–H groups in total. The summed E-state index contributed by atoms with van der Waals surface area (Å²) in [5.74, 6) is -0.693. The van der Waals surface area contributed by atoms with Crippen LogP contribution in [0.15, 0.2) is 47.4 Å². The Morgan fingerprint density at radius 2 is 1.62 bits per heavy atom. The van der Waals surface area contributed by atoms with Crippen molar-refractivity contribution in [3.8, 4) is 0 Å². The number of amides is 2. The van der Waals surface area contributed by atoms with E-state index in [4.69, 9.17) is 28.3 Å². The van der Waals surface area contributed by atoms with Crippen LogP contribution in [-0.2, 0) is 19.6 Å². The molecule has 0 saturated carbocycles. The Balaban J connectivity index is 1.92. The number of carbonyl (C=O) groups excluding carboxylic acids is 2. The number of primary sulfonamides is 1. The summed E-state index contributed by atoms with van der Waals surface area (Å²) in [6.45, 7) is 1.60. The summed E-state index contributed by atoms with van der Waals surface area (Å²) in [5, 5.41) is 11.1. The minimum absolute atomic E-state index is 0.0425. The molecule has 0 spiro atoms. The van der Waals surface area contributed by atoms with Crippen LogP contribution in [0.3, 0.4) is 0 Å². The lowest BCUT2D eigenvalue weighted by Gasteiger charge is -2.23. The first-order valence-corrected chi connectivity index (χ1v) is 10.7. The quantitative estimate of drug-likeness (QED) is 0.588. The molecule has 8 nitrogen and oxygen atoms in total. The van der Waals surface area contributed by atoms with E-state index < -0.39 is 16.1 Å². The third kappa shape index (κ3) is 6.69. The largest absolute Gasteiger partial charge is 0.325 e. The number of likely N-dealkylation sites (N-methyl/N-ethyl adjacent to an activating group) is 1. The molecule has 11 heteroatoms. The third-order valence-electron chi connectivity index (χ3n) is 4.09. The Morgan fingerprint density at radius 1 is 1.03 bits per heavy atom. The van der Waals surface area contributed by atoms with Crippen molar-refractivity contribution in [1.82, 2.24) is 4.90 Å². The lowest BCUT2D eigenvalue weighted by atomic mass is 10.2. The highest BCUT2D eigenvalue weighted by Crippen LogP contribution is 2.25. The topological polar surface area (TPSA) is 122 Å². The van der Waals surface area contributed by atoms with Crippen molar-refractivity contribution in [2.24, 2.45) is 5.14 Å². The zero-order valence-corrected chi connectivity index (χ0v) is 18.0. The van der Waals surface area contributed by atoms with Gasteiger partial charge in [-0.05, 0) is 56.4 Å². The first-order valence-electron chi connectivity index (χ1n) is 8.36. The molecule has 2 amide bonds. The highest BCUT2D eigenvalue weighted by atomic mass is 35.5. The molecule has 0 aliphatic rings. The number of benzene rings is 2. The number of carbonyl (C=O) groups is 2. The van der Waals surface area contributed by atoms with Crippen LogP contribution in [0.1, 0.15) is 6.92 Å². The Kier molecular flexibility index (Phi) is 7.61. The molecular formula is C18H20Cl2N4O4S. The number of halogens is 2. The summed E-state index contributed by atoms with van der Waals surface area (Å²) in [6.07, 6.45) is 0. The van der Waals surface area contributed by atoms with E-state index in [1.807, 2.05) is 0 Å². The van der Waals surface area contributed by atoms with E-state index in [-0.39, 0.29) is 23.3 Å². The van der Waals surface area contributed by atoms with Crippen LogP contribution in [0.4, 0.5) is 11.4 Å². The highest BCUT2D eigenvalue weighted by Gasteiger charge is 2.20. The van der Waals surface area contributed by atoms with Gasteiger partial charge in [-0.2, -0.15) is 0 Å². The third-order valence-corrected chi connectivity index (χ3v) is 5.76. The number of hydrogen-bond donors (Lipinski definition) is 3. The predicted octanol–water partition coefficient (Wildman–Crippen LogP) is 2.54. The summed E-state index contributed by atoms with van der Waals surface area (Å²) >= 11 is 11.8. The molecule has 0 aliphatic heterocycles. The summed E-state index contributed by atoms with van der Waals surface area (Å²) < 4.78 is 22.5. The van der Waals surface area contributed by atoms with Gasteiger partial charge in [-0.3, -0.25) is 14.5 Å². The first kappa shape index (κ1) is 23.1. The lowest BCUT2D eigenvalue weighted by molar-refractivity contribution is -0.122. The second-order valence-electron chi connectivity index (χ2n) is 6.33. The van der Waals surface area contributed by atoms with E-state index in [0.717, 1.165) is 0 Å². The zero-order chi connectivity index (χ0) is 21.8. The maximum absolute atomic E-state index is 12.4. The van der Waals surface area contributed by atoms with Crippen LogP contribution in [0.25, 0.3) is 0 Å². The van der Waals surface area contributed by atoms with Crippen molar-refractivity contribution in [3.05, 3.63) is 52.5 Å². The average Bonchev–Trinajstić information content (AvgIpc) is 2.63. The van der Waals surface area contributed by atoms with E-state index in [0.29, 0.717) is 21.4 Å². The van der Waals surface area contributed by atoms with Gasteiger partial charge in [0.2, 0.25) is 21.8 Å². The number of sulfonamides is 1. The summed E-state index contributed by atoms with van der Waals surface area (Å²) in [6, 6.07) is 9.54. The van der Waals surface area contributed by atoms with E-state index >= 15 is 0 Å². The second kappa shape index (κ2) is 9.55. The minimum atomic E-state index is -3.80. The maximum Gasteiger partial charge on any atom is 0.241 e. The molecule has 0 bridgehead atoms. The SMILES string of the molecule is C[C@@H](C(=O)Nc1ccc(S(N)(=O)=O)cc1)N(C)CC(=O)Nc1ccc(Cl)c(Cl)c1. The molecule has 0 unspecified atom stereocenters. The van der Waals surface area contributed by atoms with Crippen molar-refractivity contribution in [3.63, 3.8) is 0 Å². The molecule has 1 atom stereocenters.